The van der Waals surface area contributed by atoms with E-state index in [2.05, 4.69) is 86.0 Å². The van der Waals surface area contributed by atoms with E-state index in [1.54, 1.807) is 0 Å². The van der Waals surface area contributed by atoms with Crippen molar-refractivity contribution in [3.8, 4) is 0 Å². The Morgan fingerprint density at radius 1 is 0.538 bits per heavy atom. The maximum atomic E-state index is 3.93. The first-order chi connectivity index (χ1) is 12.8. The van der Waals surface area contributed by atoms with Crippen molar-refractivity contribution in [2.24, 2.45) is 0 Å². The minimum Gasteiger partial charge on any atom is -0.0985 e. The summed E-state index contributed by atoms with van der Waals surface area (Å²) in [5.74, 6) is 0. The summed E-state index contributed by atoms with van der Waals surface area (Å²) in [6.07, 6.45) is 8.10. The molecule has 0 bridgehead atoms. The van der Waals surface area contributed by atoms with Crippen molar-refractivity contribution in [1.29, 1.82) is 0 Å². The second-order valence-corrected chi connectivity index (χ2v) is 6.62. The van der Waals surface area contributed by atoms with Crippen LogP contribution in [0.15, 0.2) is 86.0 Å². The number of hydrogen-bond acceptors (Lipinski definition) is 0. The van der Waals surface area contributed by atoms with Crippen LogP contribution in [0.3, 0.4) is 0 Å². The highest BCUT2D eigenvalue weighted by Gasteiger charge is 2.05. The van der Waals surface area contributed by atoms with Gasteiger partial charge in [-0.05, 0) is 59.1 Å². The first-order valence-corrected chi connectivity index (χ1v) is 9.28. The van der Waals surface area contributed by atoms with Gasteiger partial charge in [-0.15, -0.1) is 0 Å². The third kappa shape index (κ3) is 4.61. The number of rotatable bonds is 8. The summed E-state index contributed by atoms with van der Waals surface area (Å²) < 4.78 is 0. The Kier molecular flexibility index (Phi) is 6.22. The minimum absolute atomic E-state index is 1.05. The first kappa shape index (κ1) is 17.9. The van der Waals surface area contributed by atoms with Gasteiger partial charge in [0.15, 0.2) is 0 Å². The van der Waals surface area contributed by atoms with Crippen molar-refractivity contribution < 1.29 is 0 Å². The third-order valence-electron chi connectivity index (χ3n) is 4.96. The molecule has 0 fully saturated rings. The van der Waals surface area contributed by atoms with Gasteiger partial charge >= 0.3 is 0 Å². The van der Waals surface area contributed by atoms with Crippen LogP contribution in [0.2, 0.25) is 0 Å². The molecule has 0 saturated carbocycles. The molecule has 0 N–H and O–H groups in total. The van der Waals surface area contributed by atoms with Crippen molar-refractivity contribution in [3.05, 3.63) is 119 Å². The van der Waals surface area contributed by atoms with Gasteiger partial charge in [-0.1, -0.05) is 98.1 Å². The van der Waals surface area contributed by atoms with Gasteiger partial charge in [0.1, 0.15) is 0 Å². The Balaban J connectivity index is 1.67. The van der Waals surface area contributed by atoms with E-state index in [0.717, 1.165) is 25.7 Å². The lowest BCUT2D eigenvalue weighted by molar-refractivity contribution is 0.893. The first-order valence-electron chi connectivity index (χ1n) is 9.28. The molecule has 3 aromatic rings. The Labute approximate surface area is 157 Å². The molecular weight excluding hydrogens is 312 g/mol. The molecule has 0 aliphatic carbocycles. The molecule has 3 aromatic carbocycles. The average molecular weight is 338 g/mol. The van der Waals surface area contributed by atoms with Crippen LogP contribution in [-0.4, -0.2) is 0 Å². The second kappa shape index (κ2) is 9.01. The largest absolute Gasteiger partial charge is 0.0985 e. The van der Waals surface area contributed by atoms with Gasteiger partial charge in [0, 0.05) is 0 Å². The van der Waals surface area contributed by atoms with Crippen LogP contribution in [0.1, 0.15) is 33.4 Å². The van der Waals surface area contributed by atoms with Crippen molar-refractivity contribution >= 4 is 12.2 Å². The number of aryl methyl sites for hydroxylation is 4. The molecule has 0 heteroatoms. The van der Waals surface area contributed by atoms with Crippen molar-refractivity contribution in [3.63, 3.8) is 0 Å². The van der Waals surface area contributed by atoms with Gasteiger partial charge in [0.2, 0.25) is 0 Å². The van der Waals surface area contributed by atoms with E-state index in [9.17, 15) is 0 Å². The fourth-order valence-corrected chi connectivity index (χ4v) is 3.38. The lowest BCUT2D eigenvalue weighted by atomic mass is 9.94. The van der Waals surface area contributed by atoms with E-state index >= 15 is 0 Å². The highest BCUT2D eigenvalue weighted by molar-refractivity contribution is 5.52. The maximum absolute atomic E-state index is 3.93. The van der Waals surface area contributed by atoms with E-state index in [0.29, 0.717) is 0 Å². The van der Waals surface area contributed by atoms with Crippen molar-refractivity contribution in [1.82, 2.24) is 0 Å². The Morgan fingerprint density at radius 3 is 1.69 bits per heavy atom. The number of hydrogen-bond donors (Lipinski definition) is 0. The molecule has 0 aliphatic rings. The van der Waals surface area contributed by atoms with Gasteiger partial charge < -0.3 is 0 Å². The van der Waals surface area contributed by atoms with E-state index in [4.69, 9.17) is 0 Å². The predicted octanol–water partition coefficient (Wildman–Crippen LogP) is 6.54. The quantitative estimate of drug-likeness (QED) is 0.437. The SMILES string of the molecule is C=Cc1ccc(CCc2ccccc2CCc2ccccc2C=C)cc1. The van der Waals surface area contributed by atoms with Crippen molar-refractivity contribution in [2.45, 2.75) is 25.7 Å². The molecule has 0 aliphatic heterocycles. The summed E-state index contributed by atoms with van der Waals surface area (Å²) in [6.45, 7) is 7.75. The topological polar surface area (TPSA) is 0 Å². The van der Waals surface area contributed by atoms with E-state index < -0.39 is 0 Å². The number of benzene rings is 3. The Hall–Kier alpha value is -2.86. The highest BCUT2D eigenvalue weighted by Crippen LogP contribution is 2.18. The van der Waals surface area contributed by atoms with E-state index in [1.165, 1.54) is 33.4 Å². The van der Waals surface area contributed by atoms with Gasteiger partial charge in [0.05, 0.1) is 0 Å². The summed E-state index contributed by atoms with van der Waals surface area (Å²) in [4.78, 5) is 0. The molecule has 0 atom stereocenters. The summed E-state index contributed by atoms with van der Waals surface area (Å²) in [5.41, 5.74) is 8.08. The smallest absolute Gasteiger partial charge is 0.0230 e. The van der Waals surface area contributed by atoms with E-state index in [-0.39, 0.29) is 0 Å². The van der Waals surface area contributed by atoms with Crippen LogP contribution in [0.25, 0.3) is 12.2 Å². The summed E-state index contributed by atoms with van der Waals surface area (Å²) in [6, 6.07) is 26.1. The lowest BCUT2D eigenvalue weighted by Crippen LogP contribution is -2.00. The molecule has 0 unspecified atom stereocenters. The monoisotopic (exact) mass is 338 g/mol. The molecule has 0 amide bonds. The molecule has 26 heavy (non-hydrogen) atoms. The van der Waals surface area contributed by atoms with E-state index in [1.807, 2.05) is 12.2 Å². The summed E-state index contributed by atoms with van der Waals surface area (Å²) in [5, 5.41) is 0. The molecule has 0 radical (unpaired) electrons. The zero-order valence-corrected chi connectivity index (χ0v) is 15.3. The van der Waals surface area contributed by atoms with Crippen LogP contribution < -0.4 is 0 Å². The summed E-state index contributed by atoms with van der Waals surface area (Å²) in [7, 11) is 0. The van der Waals surface area contributed by atoms with Crippen molar-refractivity contribution in [2.75, 3.05) is 0 Å². The van der Waals surface area contributed by atoms with Gasteiger partial charge in [-0.25, -0.2) is 0 Å². The molecule has 0 aromatic heterocycles. The molecule has 0 saturated heterocycles. The van der Waals surface area contributed by atoms with Gasteiger partial charge in [-0.2, -0.15) is 0 Å². The molecule has 0 nitrogen and oxygen atoms in total. The fourth-order valence-electron chi connectivity index (χ4n) is 3.38. The van der Waals surface area contributed by atoms with Crippen LogP contribution in [0, 0.1) is 0 Å². The van der Waals surface area contributed by atoms with Crippen LogP contribution in [0.5, 0.6) is 0 Å². The Morgan fingerprint density at radius 2 is 1.08 bits per heavy atom. The average Bonchev–Trinajstić information content (AvgIpc) is 2.72. The Bertz CT molecular complexity index is 869. The lowest BCUT2D eigenvalue weighted by Gasteiger charge is -2.11. The molecule has 3 rings (SSSR count). The van der Waals surface area contributed by atoms with Gasteiger partial charge in [-0.3, -0.25) is 0 Å². The normalized spacial score (nSPS) is 10.5. The zero-order chi connectivity index (χ0) is 18.2. The molecular formula is C26H26. The maximum Gasteiger partial charge on any atom is -0.0230 e. The predicted molar refractivity (Wildman–Crippen MR) is 114 cm³/mol. The van der Waals surface area contributed by atoms with Crippen LogP contribution >= 0.6 is 0 Å². The van der Waals surface area contributed by atoms with Gasteiger partial charge in [0.25, 0.3) is 0 Å². The summed E-state index contributed by atoms with van der Waals surface area (Å²) >= 11 is 0. The van der Waals surface area contributed by atoms with Crippen LogP contribution in [-0.2, 0) is 25.7 Å². The second-order valence-electron chi connectivity index (χ2n) is 6.62. The molecule has 130 valence electrons. The standard InChI is InChI=1S/C26H26/c1-3-21-13-15-22(16-14-21)17-18-25-11-7-8-12-26(25)20-19-24-10-6-5-9-23(24)4-2/h3-16H,1-2,17-20H2. The zero-order valence-electron chi connectivity index (χ0n) is 15.3. The minimum atomic E-state index is 1.05. The third-order valence-corrected chi connectivity index (χ3v) is 4.96. The fraction of sp³-hybridized carbons (Fsp3) is 0.154. The van der Waals surface area contributed by atoms with Crippen LogP contribution in [0.4, 0.5) is 0 Å². The highest BCUT2D eigenvalue weighted by atomic mass is 14.1. The molecule has 0 spiro atoms. The molecule has 0 heterocycles.